The zero-order valence-electron chi connectivity index (χ0n) is 22.2. The quantitative estimate of drug-likeness (QED) is 0.444. The van der Waals surface area contributed by atoms with Gasteiger partial charge in [-0.2, -0.15) is 0 Å². The number of nitrogens with one attached hydrogen (secondary N) is 2. The van der Waals surface area contributed by atoms with Gasteiger partial charge in [0.1, 0.15) is 0 Å². The molecular weight excluding hydrogens is 565 g/mol. The fraction of sp³-hybridized carbons (Fsp3) is 0.182. The summed E-state index contributed by atoms with van der Waals surface area (Å²) in [6.07, 6.45) is 19.0. The van der Waals surface area contributed by atoms with E-state index in [1.807, 2.05) is 98.0 Å². The summed E-state index contributed by atoms with van der Waals surface area (Å²) < 4.78 is 0. The predicted octanol–water partition coefficient (Wildman–Crippen LogP) is 2.33. The molecule has 39 heavy (non-hydrogen) atoms. The molecule has 2 aliphatic carbocycles. The van der Waals surface area contributed by atoms with Crippen molar-refractivity contribution in [3.8, 4) is 0 Å². The van der Waals surface area contributed by atoms with Gasteiger partial charge in [0.25, 0.3) is 0 Å². The Morgan fingerprint density at radius 2 is 1.00 bits per heavy atom. The maximum atomic E-state index is 7.78. The first-order valence-electron chi connectivity index (χ1n) is 12.5. The van der Waals surface area contributed by atoms with Gasteiger partial charge in [0.2, 0.25) is 0 Å². The Balaban J connectivity index is 0.000000546. The molecule has 0 saturated carbocycles. The molecule has 1 heterocycles. The SMILES string of the molecule is C[CH2][Fe+2].N=C1CC=CC=C1Cc1ccccc1.N=C1CC=CC=C1Cc1ccccc1.[Cl-].[Cl-].c1ccncc1. The van der Waals surface area contributed by atoms with Crippen molar-refractivity contribution in [3.63, 3.8) is 0 Å². The third kappa shape index (κ3) is 15.9. The molecule has 2 aliphatic rings. The van der Waals surface area contributed by atoms with Crippen LogP contribution < -0.4 is 24.8 Å². The molecular formula is C33H36Cl2FeN3. The molecule has 205 valence electrons. The van der Waals surface area contributed by atoms with E-state index >= 15 is 0 Å². The molecule has 2 aromatic carbocycles. The summed E-state index contributed by atoms with van der Waals surface area (Å²) in [4.78, 5) is 3.78. The minimum Gasteiger partial charge on any atom is -1.00 e. The van der Waals surface area contributed by atoms with E-state index < -0.39 is 0 Å². The average Bonchev–Trinajstić information content (AvgIpc) is 2.95. The van der Waals surface area contributed by atoms with Crippen molar-refractivity contribution in [1.29, 1.82) is 10.8 Å². The minimum atomic E-state index is 0. The van der Waals surface area contributed by atoms with Crippen molar-refractivity contribution < 1.29 is 40.8 Å². The van der Waals surface area contributed by atoms with E-state index in [0.717, 1.165) is 53.6 Å². The zero-order valence-corrected chi connectivity index (χ0v) is 24.8. The molecule has 1 aromatic heterocycles. The topological polar surface area (TPSA) is 60.6 Å². The summed E-state index contributed by atoms with van der Waals surface area (Å²) in [6, 6.07) is 26.3. The smallest absolute Gasteiger partial charge is 0.0386 e. The summed E-state index contributed by atoms with van der Waals surface area (Å²) >= 11 is 3.49. The zero-order chi connectivity index (χ0) is 26.6. The van der Waals surface area contributed by atoms with E-state index in [1.54, 1.807) is 12.4 Å². The van der Waals surface area contributed by atoms with Gasteiger partial charge in [-0.3, -0.25) is 4.98 Å². The molecule has 0 radical (unpaired) electrons. The number of rotatable bonds is 4. The van der Waals surface area contributed by atoms with Crippen LogP contribution in [0.15, 0.2) is 139 Å². The van der Waals surface area contributed by atoms with Gasteiger partial charge >= 0.3 is 28.3 Å². The van der Waals surface area contributed by atoms with E-state index in [4.69, 9.17) is 10.8 Å². The van der Waals surface area contributed by atoms with Crippen molar-refractivity contribution in [2.45, 2.75) is 37.9 Å². The van der Waals surface area contributed by atoms with E-state index in [1.165, 1.54) is 11.1 Å². The van der Waals surface area contributed by atoms with Crippen LogP contribution in [0, 0.1) is 10.8 Å². The van der Waals surface area contributed by atoms with Gasteiger partial charge in [0.05, 0.1) is 0 Å². The van der Waals surface area contributed by atoms with Crippen LogP contribution in [0.3, 0.4) is 0 Å². The summed E-state index contributed by atoms with van der Waals surface area (Å²) in [6.45, 7) is 2.01. The largest absolute Gasteiger partial charge is 1.00 e. The Kier molecular flexibility index (Phi) is 21.2. The number of aromatic nitrogens is 1. The number of benzene rings is 2. The maximum absolute atomic E-state index is 7.78. The van der Waals surface area contributed by atoms with Crippen LogP contribution in [0.2, 0.25) is 5.32 Å². The summed E-state index contributed by atoms with van der Waals surface area (Å²) in [7, 11) is 0. The van der Waals surface area contributed by atoms with Gasteiger partial charge in [-0.1, -0.05) is 103 Å². The summed E-state index contributed by atoms with van der Waals surface area (Å²) in [5.41, 5.74) is 6.32. The average molecular weight is 601 g/mol. The van der Waals surface area contributed by atoms with Crippen molar-refractivity contribution in [2.24, 2.45) is 0 Å². The first-order valence-corrected chi connectivity index (χ1v) is 13.3. The van der Waals surface area contributed by atoms with Gasteiger partial charge in [-0.15, -0.1) is 0 Å². The molecule has 6 heteroatoms. The number of allylic oxidation sites excluding steroid dienone is 8. The summed E-state index contributed by atoms with van der Waals surface area (Å²) in [5, 5.41) is 16.6. The number of hydrogen-bond donors (Lipinski definition) is 2. The van der Waals surface area contributed by atoms with Crippen molar-refractivity contribution in [2.75, 3.05) is 0 Å². The number of hydrogen-bond acceptors (Lipinski definition) is 3. The molecule has 0 unspecified atom stereocenters. The Morgan fingerprint density at radius 3 is 1.28 bits per heavy atom. The second kappa shape index (κ2) is 22.9. The summed E-state index contributed by atoms with van der Waals surface area (Å²) in [5.74, 6) is 0. The van der Waals surface area contributed by atoms with Gasteiger partial charge in [0, 0.05) is 36.7 Å². The first kappa shape index (κ1) is 36.0. The molecule has 0 aliphatic heterocycles. The van der Waals surface area contributed by atoms with Crippen molar-refractivity contribution in [1.82, 2.24) is 4.98 Å². The van der Waals surface area contributed by atoms with Crippen LogP contribution in [0.25, 0.3) is 0 Å². The van der Waals surface area contributed by atoms with Crippen molar-refractivity contribution in [3.05, 3.63) is 150 Å². The van der Waals surface area contributed by atoms with Gasteiger partial charge in [-0.05, 0) is 47.2 Å². The molecule has 0 bridgehead atoms. The molecule has 0 saturated heterocycles. The third-order valence-electron chi connectivity index (χ3n) is 5.33. The van der Waals surface area contributed by atoms with Crippen LogP contribution in [0.4, 0.5) is 0 Å². The Hall–Kier alpha value is -3.01. The van der Waals surface area contributed by atoms with Gasteiger partial charge < -0.3 is 35.6 Å². The van der Waals surface area contributed by atoms with Gasteiger partial charge in [0.15, 0.2) is 0 Å². The van der Waals surface area contributed by atoms with Gasteiger partial charge in [-0.25, -0.2) is 0 Å². The molecule has 0 spiro atoms. The van der Waals surface area contributed by atoms with E-state index in [9.17, 15) is 0 Å². The van der Waals surface area contributed by atoms with E-state index in [2.05, 4.69) is 45.3 Å². The number of nitrogens with zero attached hydrogens (tertiary/aromatic N) is 1. The third-order valence-corrected chi connectivity index (χ3v) is 5.33. The van der Waals surface area contributed by atoms with Crippen LogP contribution in [0.1, 0.15) is 30.9 Å². The number of pyridine rings is 1. The fourth-order valence-electron chi connectivity index (χ4n) is 3.48. The van der Waals surface area contributed by atoms with E-state index in [0.29, 0.717) is 0 Å². The normalized spacial score (nSPS) is 12.7. The predicted molar refractivity (Wildman–Crippen MR) is 154 cm³/mol. The van der Waals surface area contributed by atoms with E-state index in [-0.39, 0.29) is 24.8 Å². The fourth-order valence-corrected chi connectivity index (χ4v) is 3.48. The Morgan fingerprint density at radius 1 is 0.641 bits per heavy atom. The second-order valence-corrected chi connectivity index (χ2v) is 8.99. The molecule has 0 fully saturated rings. The molecule has 0 amide bonds. The minimum absolute atomic E-state index is 0. The molecule has 0 atom stereocenters. The molecule has 3 nitrogen and oxygen atoms in total. The number of halogens is 2. The van der Waals surface area contributed by atoms with Crippen LogP contribution in [-0.4, -0.2) is 16.4 Å². The molecule has 3 aromatic rings. The monoisotopic (exact) mass is 600 g/mol. The van der Waals surface area contributed by atoms with Crippen LogP contribution in [0.5, 0.6) is 0 Å². The standard InChI is InChI=1S/2C13H13N.C5H5N.C2H5.2ClH.Fe/c2*14-13-9-5-4-8-12(13)10-11-6-2-1-3-7-11;1-2-4-6-5-3-1;1-2;;;/h2*1-8,14H,9-10H2;1-5H;1H2,2H3;2*1H;/q;;;;;;+2/p-2. The van der Waals surface area contributed by atoms with Crippen LogP contribution >= 0.6 is 0 Å². The Labute approximate surface area is 254 Å². The maximum Gasteiger partial charge on any atom is 0.0386 e. The Bertz CT molecular complexity index is 1080. The van der Waals surface area contributed by atoms with Crippen molar-refractivity contribution >= 4 is 11.4 Å². The first-order chi connectivity index (χ1) is 18.1. The second-order valence-electron chi connectivity index (χ2n) is 8.20. The van der Waals surface area contributed by atoms with Crippen LogP contribution in [-0.2, 0) is 28.9 Å². The molecule has 5 rings (SSSR count). The molecule has 2 N–H and O–H groups in total.